The molecule has 1 rings (SSSR count). The van der Waals surface area contributed by atoms with Gasteiger partial charge in [0.15, 0.2) is 0 Å². The van der Waals surface area contributed by atoms with E-state index in [0.717, 1.165) is 12.8 Å². The first kappa shape index (κ1) is 12.9. The van der Waals surface area contributed by atoms with Crippen LogP contribution >= 0.6 is 0 Å². The normalized spacial score (nSPS) is 19.5. The quantitative estimate of drug-likeness (QED) is 0.663. The molecule has 1 aliphatic carbocycles. The molecule has 1 unspecified atom stereocenters. The Morgan fingerprint density at radius 1 is 1.53 bits per heavy atom. The third kappa shape index (κ3) is 3.14. The molecule has 2 N–H and O–H groups in total. The maximum absolute atomic E-state index is 12.0. The van der Waals surface area contributed by atoms with Crippen LogP contribution in [0.15, 0.2) is 0 Å². The van der Waals surface area contributed by atoms with Crippen LogP contribution in [0.25, 0.3) is 0 Å². The molecule has 0 radical (unpaired) electrons. The summed E-state index contributed by atoms with van der Waals surface area (Å²) in [6, 6.07) is 0.180. The summed E-state index contributed by atoms with van der Waals surface area (Å²) in [6.45, 7) is 2.69. The highest BCUT2D eigenvalue weighted by Crippen LogP contribution is 2.30. The molecule has 0 heterocycles. The predicted octanol–water partition coefficient (Wildman–Crippen LogP) is -0.226. The van der Waals surface area contributed by atoms with Gasteiger partial charge in [0.2, 0.25) is 10.0 Å². The van der Waals surface area contributed by atoms with E-state index in [-0.39, 0.29) is 12.6 Å². The van der Waals surface area contributed by atoms with E-state index in [2.05, 4.69) is 0 Å². The Balaban J connectivity index is 2.69. The SMILES string of the molecule is COCCN(C1CC1)S(=O)(=O)C(C)CN. The molecular formula is C9H20N2O3S. The van der Waals surface area contributed by atoms with Gasteiger partial charge in [0.25, 0.3) is 0 Å². The number of hydrogen-bond donors (Lipinski definition) is 1. The minimum atomic E-state index is -3.23. The molecule has 1 fully saturated rings. The van der Waals surface area contributed by atoms with Gasteiger partial charge in [0.1, 0.15) is 0 Å². The number of sulfonamides is 1. The molecule has 90 valence electrons. The lowest BCUT2D eigenvalue weighted by molar-refractivity contribution is 0.177. The van der Waals surface area contributed by atoms with Crippen molar-refractivity contribution in [3.05, 3.63) is 0 Å². The van der Waals surface area contributed by atoms with Crippen LogP contribution in [-0.4, -0.2) is 50.8 Å². The second-order valence-electron chi connectivity index (χ2n) is 3.93. The van der Waals surface area contributed by atoms with Gasteiger partial charge in [0, 0.05) is 26.2 Å². The minimum Gasteiger partial charge on any atom is -0.383 e. The first-order chi connectivity index (χ1) is 7.04. The fourth-order valence-corrected chi connectivity index (χ4v) is 3.07. The number of rotatable bonds is 7. The van der Waals surface area contributed by atoms with Crippen molar-refractivity contribution >= 4 is 10.0 Å². The fraction of sp³-hybridized carbons (Fsp3) is 1.00. The second-order valence-corrected chi connectivity index (χ2v) is 6.23. The molecular weight excluding hydrogens is 216 g/mol. The van der Waals surface area contributed by atoms with E-state index >= 15 is 0 Å². The van der Waals surface area contributed by atoms with Crippen LogP contribution in [-0.2, 0) is 14.8 Å². The Morgan fingerprint density at radius 3 is 2.53 bits per heavy atom. The van der Waals surface area contributed by atoms with Crippen molar-refractivity contribution in [3.63, 3.8) is 0 Å². The van der Waals surface area contributed by atoms with Gasteiger partial charge in [-0.2, -0.15) is 4.31 Å². The van der Waals surface area contributed by atoms with Crippen molar-refractivity contribution in [2.45, 2.75) is 31.1 Å². The van der Waals surface area contributed by atoms with Crippen LogP contribution in [0.4, 0.5) is 0 Å². The van der Waals surface area contributed by atoms with Gasteiger partial charge >= 0.3 is 0 Å². The zero-order chi connectivity index (χ0) is 11.5. The summed E-state index contributed by atoms with van der Waals surface area (Å²) in [5.41, 5.74) is 5.41. The van der Waals surface area contributed by atoms with Crippen LogP contribution in [0.5, 0.6) is 0 Å². The van der Waals surface area contributed by atoms with Gasteiger partial charge in [-0.05, 0) is 19.8 Å². The monoisotopic (exact) mass is 236 g/mol. The third-order valence-corrected chi connectivity index (χ3v) is 4.98. The molecule has 0 spiro atoms. The lowest BCUT2D eigenvalue weighted by atomic mass is 10.5. The van der Waals surface area contributed by atoms with Crippen molar-refractivity contribution < 1.29 is 13.2 Å². The summed E-state index contributed by atoms with van der Waals surface area (Å²) in [7, 11) is -1.66. The molecule has 0 amide bonds. The number of ether oxygens (including phenoxy) is 1. The summed E-state index contributed by atoms with van der Waals surface area (Å²) in [5.74, 6) is 0. The lowest BCUT2D eigenvalue weighted by Crippen LogP contribution is -2.43. The molecule has 0 aromatic heterocycles. The van der Waals surface area contributed by atoms with Crippen molar-refractivity contribution in [1.29, 1.82) is 0 Å². The maximum Gasteiger partial charge on any atom is 0.218 e. The van der Waals surface area contributed by atoms with Crippen molar-refractivity contribution in [2.75, 3.05) is 26.8 Å². The Kier molecular flexibility index (Phi) is 4.51. The van der Waals surface area contributed by atoms with Crippen LogP contribution in [0.1, 0.15) is 19.8 Å². The highest BCUT2D eigenvalue weighted by atomic mass is 32.2. The average Bonchev–Trinajstić information content (AvgIpc) is 3.01. The Bertz CT molecular complexity index is 288. The van der Waals surface area contributed by atoms with E-state index in [9.17, 15) is 8.42 Å². The summed E-state index contributed by atoms with van der Waals surface area (Å²) < 4.78 is 30.5. The summed E-state index contributed by atoms with van der Waals surface area (Å²) in [5, 5.41) is -0.505. The summed E-state index contributed by atoms with van der Waals surface area (Å²) in [4.78, 5) is 0. The number of nitrogens with zero attached hydrogens (tertiary/aromatic N) is 1. The van der Waals surface area contributed by atoms with Gasteiger partial charge in [0.05, 0.1) is 11.9 Å². The van der Waals surface area contributed by atoms with Gasteiger partial charge in [-0.15, -0.1) is 0 Å². The zero-order valence-electron chi connectivity index (χ0n) is 9.35. The van der Waals surface area contributed by atoms with Crippen molar-refractivity contribution in [2.24, 2.45) is 5.73 Å². The topological polar surface area (TPSA) is 72.6 Å². The Labute approximate surface area is 91.6 Å². The molecule has 1 aliphatic rings. The molecule has 6 heteroatoms. The van der Waals surface area contributed by atoms with E-state index in [4.69, 9.17) is 10.5 Å². The van der Waals surface area contributed by atoms with Crippen LogP contribution < -0.4 is 5.73 Å². The summed E-state index contributed by atoms with van der Waals surface area (Å²) >= 11 is 0. The minimum absolute atomic E-state index is 0.165. The van der Waals surface area contributed by atoms with Gasteiger partial charge in [-0.25, -0.2) is 8.42 Å². The first-order valence-corrected chi connectivity index (χ1v) is 6.74. The van der Waals surface area contributed by atoms with Crippen LogP contribution in [0, 0.1) is 0 Å². The molecule has 1 atom stereocenters. The number of methoxy groups -OCH3 is 1. The molecule has 0 aromatic rings. The molecule has 0 saturated heterocycles. The smallest absolute Gasteiger partial charge is 0.218 e. The molecule has 5 nitrogen and oxygen atoms in total. The Hall–Kier alpha value is -0.170. The second kappa shape index (κ2) is 5.25. The molecule has 1 saturated carbocycles. The first-order valence-electron chi connectivity index (χ1n) is 5.23. The van der Waals surface area contributed by atoms with E-state index in [0.29, 0.717) is 13.2 Å². The van der Waals surface area contributed by atoms with Crippen molar-refractivity contribution in [3.8, 4) is 0 Å². The largest absolute Gasteiger partial charge is 0.383 e. The predicted molar refractivity (Wildman–Crippen MR) is 59.0 cm³/mol. The van der Waals surface area contributed by atoms with E-state index in [1.165, 1.54) is 0 Å². The summed E-state index contributed by atoms with van der Waals surface area (Å²) in [6.07, 6.45) is 1.92. The van der Waals surface area contributed by atoms with Gasteiger partial charge in [-0.1, -0.05) is 0 Å². The highest BCUT2D eigenvalue weighted by Gasteiger charge is 2.38. The number of nitrogens with two attached hydrogens (primary N) is 1. The van der Waals surface area contributed by atoms with Crippen LogP contribution in [0.2, 0.25) is 0 Å². The van der Waals surface area contributed by atoms with E-state index in [1.807, 2.05) is 0 Å². The molecule has 0 aliphatic heterocycles. The van der Waals surface area contributed by atoms with Crippen LogP contribution in [0.3, 0.4) is 0 Å². The Morgan fingerprint density at radius 2 is 2.13 bits per heavy atom. The third-order valence-electron chi connectivity index (χ3n) is 2.64. The molecule has 0 bridgehead atoms. The molecule has 0 aromatic carbocycles. The van der Waals surface area contributed by atoms with E-state index < -0.39 is 15.3 Å². The average molecular weight is 236 g/mol. The molecule has 15 heavy (non-hydrogen) atoms. The van der Waals surface area contributed by atoms with E-state index in [1.54, 1.807) is 18.3 Å². The fourth-order valence-electron chi connectivity index (χ4n) is 1.41. The lowest BCUT2D eigenvalue weighted by Gasteiger charge is -2.24. The maximum atomic E-state index is 12.0. The highest BCUT2D eigenvalue weighted by molar-refractivity contribution is 7.89. The zero-order valence-corrected chi connectivity index (χ0v) is 10.2. The van der Waals surface area contributed by atoms with Gasteiger partial charge < -0.3 is 10.5 Å². The van der Waals surface area contributed by atoms with Gasteiger partial charge in [-0.3, -0.25) is 0 Å². The number of hydrogen-bond acceptors (Lipinski definition) is 4. The standard InChI is InChI=1S/C9H20N2O3S/c1-8(7-10)15(12,13)11(5-6-14-2)9-3-4-9/h8-9H,3-7,10H2,1-2H3. The van der Waals surface area contributed by atoms with Crippen molar-refractivity contribution in [1.82, 2.24) is 4.31 Å².